The summed E-state index contributed by atoms with van der Waals surface area (Å²) in [6.07, 6.45) is 0. The molecule has 4 heterocycles. The third-order valence-corrected chi connectivity index (χ3v) is 8.72. The molecule has 0 amide bonds. The molecule has 0 bridgehead atoms. The van der Waals surface area contributed by atoms with Gasteiger partial charge in [-0.3, -0.25) is 9.20 Å². The highest BCUT2D eigenvalue weighted by Gasteiger charge is 2.27. The molecule has 0 saturated carbocycles. The lowest BCUT2D eigenvalue weighted by Gasteiger charge is -2.30. The molecule has 9 rings (SSSR count). The molecule has 36 heavy (non-hydrogen) atoms. The van der Waals surface area contributed by atoms with Crippen LogP contribution in [-0.4, -0.2) is 13.5 Å². The third kappa shape index (κ3) is 2.05. The van der Waals surface area contributed by atoms with E-state index in [0.29, 0.717) is 0 Å². The lowest BCUT2D eigenvalue weighted by atomic mass is 10.0. The first-order valence-corrected chi connectivity index (χ1v) is 12.8. The molecule has 5 heteroatoms. The zero-order valence-corrected chi connectivity index (χ0v) is 19.8. The summed E-state index contributed by atoms with van der Waals surface area (Å²) >= 11 is 1.82. The quantitative estimate of drug-likeness (QED) is 0.163. The summed E-state index contributed by atoms with van der Waals surface area (Å²) in [6.45, 7) is 0. The Hall–Kier alpha value is -4.61. The third-order valence-electron chi connectivity index (χ3n) is 7.60. The summed E-state index contributed by atoms with van der Waals surface area (Å²) in [7, 11) is 0. The van der Waals surface area contributed by atoms with Gasteiger partial charge in [-0.1, -0.05) is 48.5 Å². The van der Waals surface area contributed by atoms with Crippen LogP contribution in [0.25, 0.3) is 70.0 Å². The van der Waals surface area contributed by atoms with Crippen LogP contribution in [0.2, 0.25) is 0 Å². The summed E-state index contributed by atoms with van der Waals surface area (Å²) in [5.41, 5.74) is 8.56. The molecule has 3 aliphatic heterocycles. The van der Waals surface area contributed by atoms with E-state index in [0.717, 1.165) is 49.4 Å². The molecule has 4 nitrogen and oxygen atoms in total. The second-order valence-corrected chi connectivity index (χ2v) is 10.5. The first-order chi connectivity index (χ1) is 17.8. The van der Waals surface area contributed by atoms with E-state index in [-0.39, 0.29) is 5.56 Å². The minimum Gasteiger partial charge on any atom is -0.304 e. The van der Waals surface area contributed by atoms with Crippen LogP contribution >= 0.6 is 11.3 Å². The molecule has 168 valence electrons. The molecule has 0 aliphatic carbocycles. The van der Waals surface area contributed by atoms with Crippen molar-refractivity contribution in [1.29, 1.82) is 0 Å². The molecule has 0 radical (unpaired) electrons. The second-order valence-electron chi connectivity index (χ2n) is 9.37. The molecular weight excluding hydrogens is 462 g/mol. The van der Waals surface area contributed by atoms with Gasteiger partial charge >= 0.3 is 0 Å². The van der Waals surface area contributed by atoms with E-state index in [2.05, 4.69) is 88.0 Å². The number of hydrogen-bond acceptors (Lipinski definition) is 2. The Kier molecular flexibility index (Phi) is 3.29. The van der Waals surface area contributed by atoms with Gasteiger partial charge in [0.25, 0.3) is 5.56 Å². The maximum absolute atomic E-state index is 14.0. The van der Waals surface area contributed by atoms with Crippen molar-refractivity contribution in [3.8, 4) is 11.4 Å². The molecule has 0 fully saturated rings. The largest absolute Gasteiger partial charge is 0.304 e. The Bertz CT molecular complexity index is 2350. The summed E-state index contributed by atoms with van der Waals surface area (Å²) in [5.74, 6) is 0. The number of benzene rings is 5. The van der Waals surface area contributed by atoms with Crippen molar-refractivity contribution in [2.24, 2.45) is 0 Å². The SMILES string of the molecule is O=c1c2ccccc2c2ccc3c4c2n1c1ccccc1n-4c1cccc2sc4ccccc4n3-c21. The highest BCUT2D eigenvalue weighted by molar-refractivity contribution is 7.24. The lowest BCUT2D eigenvalue weighted by Crippen LogP contribution is -2.21. The molecule has 0 saturated heterocycles. The van der Waals surface area contributed by atoms with E-state index >= 15 is 0 Å². The average molecular weight is 480 g/mol. The predicted octanol–water partition coefficient (Wildman–Crippen LogP) is 7.58. The van der Waals surface area contributed by atoms with Crippen LogP contribution in [0.1, 0.15) is 0 Å². The van der Waals surface area contributed by atoms with Crippen LogP contribution in [0, 0.1) is 0 Å². The van der Waals surface area contributed by atoms with Crippen molar-refractivity contribution < 1.29 is 0 Å². The van der Waals surface area contributed by atoms with E-state index in [1.807, 2.05) is 40.0 Å². The maximum atomic E-state index is 14.0. The molecule has 0 atom stereocenters. The van der Waals surface area contributed by atoms with Crippen molar-refractivity contribution >= 4 is 70.0 Å². The zero-order valence-electron chi connectivity index (χ0n) is 19.0. The number of para-hydroxylation sites is 4. The molecule has 3 aliphatic rings. The average Bonchev–Trinajstić information content (AvgIpc) is 2.93. The Morgan fingerprint density at radius 2 is 1.11 bits per heavy atom. The lowest BCUT2D eigenvalue weighted by molar-refractivity contribution is 1.04. The van der Waals surface area contributed by atoms with Gasteiger partial charge in [0.15, 0.2) is 0 Å². The van der Waals surface area contributed by atoms with Crippen molar-refractivity contribution in [3.05, 3.63) is 113 Å². The van der Waals surface area contributed by atoms with E-state index in [1.54, 1.807) is 0 Å². The summed E-state index contributed by atoms with van der Waals surface area (Å²) in [5, 5.41) is 2.82. The highest BCUT2D eigenvalue weighted by Crippen LogP contribution is 2.44. The first kappa shape index (κ1) is 18.7. The highest BCUT2D eigenvalue weighted by atomic mass is 32.1. The number of fused-ring (bicyclic) bond motifs is 9. The zero-order chi connectivity index (χ0) is 23.5. The molecule has 0 N–H and O–H groups in total. The van der Waals surface area contributed by atoms with Gasteiger partial charge in [0.05, 0.1) is 53.9 Å². The first-order valence-electron chi connectivity index (χ1n) is 12.0. The van der Waals surface area contributed by atoms with Crippen LogP contribution < -0.4 is 5.56 Å². The smallest absolute Gasteiger partial charge is 0.263 e. The van der Waals surface area contributed by atoms with Crippen LogP contribution in [0.5, 0.6) is 0 Å². The fourth-order valence-electron chi connectivity index (χ4n) is 6.20. The van der Waals surface area contributed by atoms with E-state index in [4.69, 9.17) is 0 Å². The van der Waals surface area contributed by atoms with Gasteiger partial charge in [-0.25, -0.2) is 0 Å². The van der Waals surface area contributed by atoms with Crippen LogP contribution in [0.3, 0.4) is 0 Å². The Morgan fingerprint density at radius 1 is 0.472 bits per heavy atom. The molecule has 5 aromatic carbocycles. The number of aromatic nitrogens is 3. The minimum atomic E-state index is 0.0211. The molecular formula is C31H17N3OS. The van der Waals surface area contributed by atoms with Crippen molar-refractivity contribution in [3.63, 3.8) is 0 Å². The molecule has 0 spiro atoms. The van der Waals surface area contributed by atoms with Gasteiger partial charge in [-0.15, -0.1) is 11.3 Å². The van der Waals surface area contributed by atoms with E-state index in [1.165, 1.54) is 20.6 Å². The fraction of sp³-hybridized carbons (Fsp3) is 0. The number of nitrogens with zero attached hydrogens (tertiary/aromatic N) is 3. The van der Waals surface area contributed by atoms with Gasteiger partial charge in [0, 0.05) is 10.8 Å². The van der Waals surface area contributed by atoms with Crippen LogP contribution in [0.4, 0.5) is 0 Å². The molecule has 1 aromatic heterocycles. The van der Waals surface area contributed by atoms with Gasteiger partial charge in [0.1, 0.15) is 0 Å². The fourth-order valence-corrected chi connectivity index (χ4v) is 7.29. The minimum absolute atomic E-state index is 0.0211. The number of pyridine rings is 1. The Balaban J connectivity index is 1.75. The van der Waals surface area contributed by atoms with Crippen molar-refractivity contribution in [2.45, 2.75) is 0 Å². The van der Waals surface area contributed by atoms with Crippen molar-refractivity contribution in [1.82, 2.24) is 13.5 Å². The normalized spacial score (nSPS) is 12.6. The van der Waals surface area contributed by atoms with E-state index in [9.17, 15) is 4.79 Å². The summed E-state index contributed by atoms with van der Waals surface area (Å²) < 4.78 is 9.15. The standard InChI is InChI=1S/C31H17N3OS/c35-31-20-9-2-1-8-18(20)19-16-17-25-30-28(19)34(31)22-11-4-3-10-21(22)32(30)24-13-7-15-27-29(24)33(25)23-12-5-6-14-26(23)36-27/h1-17H. The molecule has 0 unspecified atom stereocenters. The molecule has 6 aromatic rings. The maximum Gasteiger partial charge on any atom is 0.263 e. The van der Waals surface area contributed by atoms with Crippen LogP contribution in [-0.2, 0) is 0 Å². The van der Waals surface area contributed by atoms with E-state index < -0.39 is 0 Å². The second kappa shape index (κ2) is 6.33. The van der Waals surface area contributed by atoms with Gasteiger partial charge in [0.2, 0.25) is 0 Å². The topological polar surface area (TPSA) is 31.3 Å². The Labute approximate surface area is 208 Å². The van der Waals surface area contributed by atoms with Gasteiger partial charge < -0.3 is 9.13 Å². The Morgan fingerprint density at radius 3 is 2.00 bits per heavy atom. The summed E-state index contributed by atoms with van der Waals surface area (Å²) in [6, 6.07) is 35.8. The monoisotopic (exact) mass is 479 g/mol. The number of rotatable bonds is 0. The van der Waals surface area contributed by atoms with Crippen LogP contribution in [0.15, 0.2) is 108 Å². The van der Waals surface area contributed by atoms with Gasteiger partial charge in [-0.2, -0.15) is 0 Å². The number of hydrogen-bond donors (Lipinski definition) is 0. The van der Waals surface area contributed by atoms with Gasteiger partial charge in [-0.05, 0) is 60.0 Å². The predicted molar refractivity (Wildman–Crippen MR) is 150 cm³/mol. The summed E-state index contributed by atoms with van der Waals surface area (Å²) in [4.78, 5) is 14.0. The van der Waals surface area contributed by atoms with Crippen molar-refractivity contribution in [2.75, 3.05) is 0 Å².